The number of unbranched alkanes of at least 4 members (excludes halogenated alkanes) is 4. The van der Waals surface area contributed by atoms with Crippen molar-refractivity contribution in [3.63, 3.8) is 0 Å². The average molecular weight is 211 g/mol. The van der Waals surface area contributed by atoms with E-state index in [9.17, 15) is 0 Å². The zero-order chi connectivity index (χ0) is 10.2. The van der Waals surface area contributed by atoms with Crippen molar-refractivity contribution in [2.75, 3.05) is 0 Å². The SMILES string of the molecule is CCCCCCCc1ccc(Cl)cc1. The van der Waals surface area contributed by atoms with E-state index in [1.54, 1.807) is 0 Å². The molecule has 0 saturated heterocycles. The largest absolute Gasteiger partial charge is 0.0843 e. The summed E-state index contributed by atoms with van der Waals surface area (Å²) in [7, 11) is 0. The number of aryl methyl sites for hydroxylation is 1. The van der Waals surface area contributed by atoms with Gasteiger partial charge in [-0.1, -0.05) is 56.3 Å². The summed E-state index contributed by atoms with van der Waals surface area (Å²) >= 11 is 5.81. The van der Waals surface area contributed by atoms with Crippen LogP contribution in [0.25, 0.3) is 0 Å². The third-order valence-corrected chi connectivity index (χ3v) is 2.73. The molecule has 0 heterocycles. The second-order valence-corrected chi connectivity index (χ2v) is 4.23. The highest BCUT2D eigenvalue weighted by Crippen LogP contribution is 2.12. The Labute approximate surface area is 92.3 Å². The maximum absolute atomic E-state index is 5.81. The molecule has 0 aliphatic heterocycles. The maximum atomic E-state index is 5.81. The lowest BCUT2D eigenvalue weighted by Crippen LogP contribution is -1.85. The fourth-order valence-electron chi connectivity index (χ4n) is 1.58. The first-order valence-corrected chi connectivity index (χ1v) is 5.95. The Kier molecular flexibility index (Phi) is 5.70. The van der Waals surface area contributed by atoms with Crippen molar-refractivity contribution < 1.29 is 0 Å². The molecule has 0 spiro atoms. The van der Waals surface area contributed by atoms with Crippen molar-refractivity contribution in [1.82, 2.24) is 0 Å². The molecule has 0 fully saturated rings. The predicted octanol–water partition coefficient (Wildman–Crippen LogP) is 4.85. The highest BCUT2D eigenvalue weighted by atomic mass is 35.5. The topological polar surface area (TPSA) is 0 Å². The molecule has 1 aromatic rings. The molecule has 78 valence electrons. The summed E-state index contributed by atoms with van der Waals surface area (Å²) < 4.78 is 0. The molecule has 0 radical (unpaired) electrons. The highest BCUT2D eigenvalue weighted by molar-refractivity contribution is 6.30. The van der Waals surface area contributed by atoms with Gasteiger partial charge in [-0.15, -0.1) is 0 Å². The van der Waals surface area contributed by atoms with Gasteiger partial charge in [-0.3, -0.25) is 0 Å². The predicted molar refractivity (Wildman–Crippen MR) is 63.9 cm³/mol. The van der Waals surface area contributed by atoms with Crippen LogP contribution in [-0.2, 0) is 6.42 Å². The van der Waals surface area contributed by atoms with E-state index in [4.69, 9.17) is 11.6 Å². The molecular formula is C13H19Cl. The van der Waals surface area contributed by atoms with Crippen LogP contribution in [0.15, 0.2) is 24.3 Å². The van der Waals surface area contributed by atoms with Gasteiger partial charge in [0.15, 0.2) is 0 Å². The summed E-state index contributed by atoms with van der Waals surface area (Å²) in [5, 5.41) is 0.833. The van der Waals surface area contributed by atoms with Crippen LogP contribution in [-0.4, -0.2) is 0 Å². The molecule has 1 aromatic carbocycles. The van der Waals surface area contributed by atoms with Gasteiger partial charge in [0.1, 0.15) is 0 Å². The lowest BCUT2D eigenvalue weighted by Gasteiger charge is -2.01. The van der Waals surface area contributed by atoms with Crippen LogP contribution in [0.3, 0.4) is 0 Å². The Morgan fingerprint density at radius 2 is 1.57 bits per heavy atom. The van der Waals surface area contributed by atoms with Gasteiger partial charge >= 0.3 is 0 Å². The van der Waals surface area contributed by atoms with Crippen molar-refractivity contribution in [3.05, 3.63) is 34.9 Å². The molecule has 0 aliphatic rings. The molecule has 0 bridgehead atoms. The zero-order valence-corrected chi connectivity index (χ0v) is 9.69. The summed E-state index contributed by atoms with van der Waals surface area (Å²) in [6, 6.07) is 8.20. The summed E-state index contributed by atoms with van der Waals surface area (Å²) in [5.41, 5.74) is 1.41. The van der Waals surface area contributed by atoms with Crippen molar-refractivity contribution in [1.29, 1.82) is 0 Å². The van der Waals surface area contributed by atoms with Crippen LogP contribution >= 0.6 is 11.6 Å². The van der Waals surface area contributed by atoms with Crippen LogP contribution < -0.4 is 0 Å². The average Bonchev–Trinajstić information content (AvgIpc) is 2.21. The maximum Gasteiger partial charge on any atom is 0.0406 e. The van der Waals surface area contributed by atoms with Gasteiger partial charge in [-0.2, -0.15) is 0 Å². The second kappa shape index (κ2) is 6.89. The molecule has 14 heavy (non-hydrogen) atoms. The molecule has 0 amide bonds. The minimum Gasteiger partial charge on any atom is -0.0843 e. The summed E-state index contributed by atoms with van der Waals surface area (Å²) in [4.78, 5) is 0. The molecule has 1 rings (SSSR count). The molecule has 1 heteroatoms. The quantitative estimate of drug-likeness (QED) is 0.589. The van der Waals surface area contributed by atoms with Crippen LogP contribution in [0.5, 0.6) is 0 Å². The van der Waals surface area contributed by atoms with E-state index in [-0.39, 0.29) is 0 Å². The van der Waals surface area contributed by atoms with E-state index in [0.29, 0.717) is 0 Å². The van der Waals surface area contributed by atoms with Gasteiger partial charge < -0.3 is 0 Å². The Balaban J connectivity index is 2.15. The number of hydrogen-bond donors (Lipinski definition) is 0. The van der Waals surface area contributed by atoms with Crippen molar-refractivity contribution in [3.8, 4) is 0 Å². The molecule has 0 saturated carbocycles. The summed E-state index contributed by atoms with van der Waals surface area (Å²) in [5.74, 6) is 0. The Bertz CT molecular complexity index is 238. The Morgan fingerprint density at radius 1 is 0.929 bits per heavy atom. The fourth-order valence-corrected chi connectivity index (χ4v) is 1.71. The number of hydrogen-bond acceptors (Lipinski definition) is 0. The van der Waals surface area contributed by atoms with Crippen LogP contribution in [0.2, 0.25) is 5.02 Å². The third-order valence-electron chi connectivity index (χ3n) is 2.48. The van der Waals surface area contributed by atoms with Crippen LogP contribution in [0.1, 0.15) is 44.6 Å². The van der Waals surface area contributed by atoms with Crippen molar-refractivity contribution >= 4 is 11.6 Å². The Hall–Kier alpha value is -0.490. The number of halogens is 1. The molecule has 0 nitrogen and oxygen atoms in total. The monoisotopic (exact) mass is 210 g/mol. The first-order valence-electron chi connectivity index (χ1n) is 5.57. The highest BCUT2D eigenvalue weighted by Gasteiger charge is 1.93. The first kappa shape index (κ1) is 11.6. The molecule has 0 atom stereocenters. The van der Waals surface area contributed by atoms with Gasteiger partial charge in [0.05, 0.1) is 0 Å². The third kappa shape index (κ3) is 4.66. The molecule has 0 unspecified atom stereocenters. The second-order valence-electron chi connectivity index (χ2n) is 3.79. The normalized spacial score (nSPS) is 10.4. The first-order chi connectivity index (χ1) is 6.83. The smallest absolute Gasteiger partial charge is 0.0406 e. The van der Waals surface area contributed by atoms with E-state index >= 15 is 0 Å². The molecular weight excluding hydrogens is 192 g/mol. The van der Waals surface area contributed by atoms with Crippen LogP contribution in [0.4, 0.5) is 0 Å². The van der Waals surface area contributed by atoms with Crippen molar-refractivity contribution in [2.45, 2.75) is 45.4 Å². The lowest BCUT2D eigenvalue weighted by atomic mass is 10.1. The van der Waals surface area contributed by atoms with E-state index < -0.39 is 0 Å². The van der Waals surface area contributed by atoms with Gasteiger partial charge in [0, 0.05) is 5.02 Å². The van der Waals surface area contributed by atoms with Crippen molar-refractivity contribution in [2.24, 2.45) is 0 Å². The van der Waals surface area contributed by atoms with Gasteiger partial charge in [0.2, 0.25) is 0 Å². The Morgan fingerprint density at radius 3 is 2.21 bits per heavy atom. The summed E-state index contributed by atoms with van der Waals surface area (Å²) in [6.07, 6.45) is 7.94. The molecule has 0 N–H and O–H groups in total. The van der Waals surface area contributed by atoms with Gasteiger partial charge in [-0.25, -0.2) is 0 Å². The van der Waals surface area contributed by atoms with E-state index in [1.165, 1.54) is 44.1 Å². The minimum absolute atomic E-state index is 0.833. The van der Waals surface area contributed by atoms with E-state index in [2.05, 4.69) is 19.1 Å². The summed E-state index contributed by atoms with van der Waals surface area (Å²) in [6.45, 7) is 2.25. The zero-order valence-electron chi connectivity index (χ0n) is 8.93. The van der Waals surface area contributed by atoms with E-state index in [1.807, 2.05) is 12.1 Å². The number of benzene rings is 1. The lowest BCUT2D eigenvalue weighted by molar-refractivity contribution is 0.632. The van der Waals surface area contributed by atoms with E-state index in [0.717, 1.165) is 5.02 Å². The fraction of sp³-hybridized carbons (Fsp3) is 0.538. The minimum atomic E-state index is 0.833. The molecule has 0 aromatic heterocycles. The number of rotatable bonds is 6. The van der Waals surface area contributed by atoms with Gasteiger partial charge in [-0.05, 0) is 30.5 Å². The molecule has 0 aliphatic carbocycles. The van der Waals surface area contributed by atoms with Gasteiger partial charge in [0.25, 0.3) is 0 Å². The van der Waals surface area contributed by atoms with Crippen LogP contribution in [0, 0.1) is 0 Å². The standard InChI is InChI=1S/C13H19Cl/c1-2-3-4-5-6-7-12-8-10-13(14)11-9-12/h8-11H,2-7H2,1H3.